The van der Waals surface area contributed by atoms with Gasteiger partial charge in [0.2, 0.25) is 0 Å². The van der Waals surface area contributed by atoms with Crippen molar-refractivity contribution in [1.82, 2.24) is 14.1 Å². The van der Waals surface area contributed by atoms with Gasteiger partial charge in [0.1, 0.15) is 18.3 Å². The van der Waals surface area contributed by atoms with Crippen molar-refractivity contribution in [2.45, 2.75) is 31.1 Å². The lowest BCUT2D eigenvalue weighted by Crippen LogP contribution is -2.43. The number of aliphatic hydroxyl groups is 2. The van der Waals surface area contributed by atoms with Crippen LogP contribution in [0.2, 0.25) is 0 Å². The third-order valence-electron chi connectivity index (χ3n) is 4.33. The molecular formula is C15H18N3O11P2+. The van der Waals surface area contributed by atoms with Crippen LogP contribution in [0.1, 0.15) is 11.9 Å². The van der Waals surface area contributed by atoms with Gasteiger partial charge in [-0.1, -0.05) is 6.07 Å². The molecule has 0 aliphatic carbocycles. The molecule has 1 aliphatic heterocycles. The van der Waals surface area contributed by atoms with Gasteiger partial charge in [-0.3, -0.25) is 28.3 Å². The molecule has 6 atom stereocenters. The van der Waals surface area contributed by atoms with Crippen molar-refractivity contribution in [2.75, 3.05) is 6.61 Å². The number of rotatable bonds is 8. The van der Waals surface area contributed by atoms with Crippen molar-refractivity contribution in [3.05, 3.63) is 63.2 Å². The van der Waals surface area contributed by atoms with Crippen molar-refractivity contribution >= 4 is 16.1 Å². The van der Waals surface area contributed by atoms with Gasteiger partial charge in [-0.2, -0.15) is 0 Å². The van der Waals surface area contributed by atoms with Gasteiger partial charge in [0.25, 0.3) is 5.56 Å². The number of pyridine rings is 1. The molecule has 0 saturated carbocycles. The lowest BCUT2D eigenvalue weighted by atomic mass is 10.1. The maximum atomic E-state index is 12.8. The van der Waals surface area contributed by atoms with Gasteiger partial charge in [-0.15, -0.1) is 4.89 Å². The number of phosphoric ester groups is 1. The Morgan fingerprint density at radius 2 is 1.97 bits per heavy atom. The van der Waals surface area contributed by atoms with Crippen LogP contribution in [-0.2, 0) is 29.2 Å². The molecule has 16 heteroatoms. The third-order valence-corrected chi connectivity index (χ3v) is 6.19. The number of ether oxygens (including phenoxy) is 1. The average molecular weight is 478 g/mol. The monoisotopic (exact) mass is 478 g/mol. The molecule has 1 saturated heterocycles. The summed E-state index contributed by atoms with van der Waals surface area (Å²) in [5.41, 5.74) is -1.06. The van der Waals surface area contributed by atoms with Gasteiger partial charge in [0.05, 0.1) is 18.8 Å². The summed E-state index contributed by atoms with van der Waals surface area (Å²) in [7, 11) is -8.36. The fraction of sp³-hybridized carbons (Fsp3) is 0.400. The van der Waals surface area contributed by atoms with Crippen LogP contribution in [0.5, 0.6) is 0 Å². The highest BCUT2D eigenvalue weighted by atomic mass is 31.2. The minimum absolute atomic E-state index is 0.151. The van der Waals surface area contributed by atoms with Crippen LogP contribution in [-0.4, -0.2) is 59.0 Å². The first-order valence-electron chi connectivity index (χ1n) is 8.66. The normalized spacial score (nSPS) is 25.9. The van der Waals surface area contributed by atoms with E-state index in [1.54, 1.807) is 18.2 Å². The van der Waals surface area contributed by atoms with Crippen LogP contribution < -0.4 is 11.2 Å². The van der Waals surface area contributed by atoms with Crippen LogP contribution >= 0.6 is 16.1 Å². The van der Waals surface area contributed by atoms with Gasteiger partial charge >= 0.3 is 21.8 Å². The van der Waals surface area contributed by atoms with Gasteiger partial charge in [0, 0.05) is 23.0 Å². The summed E-state index contributed by atoms with van der Waals surface area (Å²) in [6, 6.07) is 6.01. The van der Waals surface area contributed by atoms with Crippen LogP contribution in [0.15, 0.2) is 46.2 Å². The molecule has 1 aliphatic rings. The molecule has 2 aromatic rings. The number of hydrogen-bond donors (Lipinski definition) is 4. The first-order valence-corrected chi connectivity index (χ1v) is 11.3. The molecule has 0 amide bonds. The predicted octanol–water partition coefficient (Wildman–Crippen LogP) is -1.14. The van der Waals surface area contributed by atoms with Crippen molar-refractivity contribution in [1.29, 1.82) is 0 Å². The van der Waals surface area contributed by atoms with Crippen LogP contribution in [0.3, 0.4) is 0 Å². The summed E-state index contributed by atoms with van der Waals surface area (Å²) in [5, 5.41) is 20.4. The highest BCUT2D eigenvalue weighted by molar-refractivity contribution is 7.55. The lowest BCUT2D eigenvalue weighted by Gasteiger charge is -2.18. The molecule has 0 radical (unpaired) electrons. The summed E-state index contributed by atoms with van der Waals surface area (Å²) in [5.74, 6) is 0. The Bertz CT molecular complexity index is 1110. The van der Waals surface area contributed by atoms with Crippen LogP contribution in [0.25, 0.3) is 0 Å². The lowest BCUT2D eigenvalue weighted by molar-refractivity contribution is -0.0545. The molecule has 2 aromatic heterocycles. The molecule has 3 heterocycles. The zero-order chi connectivity index (χ0) is 22.8. The van der Waals surface area contributed by atoms with E-state index in [0.29, 0.717) is 5.69 Å². The smallest absolute Gasteiger partial charge is 0.387 e. The van der Waals surface area contributed by atoms with E-state index in [1.165, 1.54) is 6.20 Å². The highest BCUT2D eigenvalue weighted by Crippen LogP contribution is 2.51. The Morgan fingerprint density at radius 1 is 1.23 bits per heavy atom. The summed E-state index contributed by atoms with van der Waals surface area (Å²) in [6.07, 6.45) is -3.62. The van der Waals surface area contributed by atoms with E-state index in [4.69, 9.17) is 9.63 Å². The Hall–Kier alpha value is -2.12. The molecule has 0 aromatic carbocycles. The Kier molecular flexibility index (Phi) is 7.27. The SMILES string of the molecule is O=c1ccn(C2OC(COP(=O)(O)O[P+](=O)O)[C@H](O)C2O)c(=O)n1Cc1ccccn1. The fourth-order valence-corrected chi connectivity index (χ4v) is 4.13. The number of phosphoric acid groups is 1. The number of hydrogen-bond acceptors (Lipinski definition) is 10. The molecular weight excluding hydrogens is 460 g/mol. The van der Waals surface area contributed by atoms with Crippen molar-refractivity contribution in [3.63, 3.8) is 0 Å². The summed E-state index contributed by atoms with van der Waals surface area (Å²) < 4.78 is 37.4. The van der Waals surface area contributed by atoms with Gasteiger partial charge in [0.15, 0.2) is 6.23 Å². The highest BCUT2D eigenvalue weighted by Gasteiger charge is 2.46. The maximum Gasteiger partial charge on any atom is 0.705 e. The van der Waals surface area contributed by atoms with Crippen molar-refractivity contribution in [3.8, 4) is 0 Å². The second-order valence-electron chi connectivity index (χ2n) is 6.38. The minimum atomic E-state index is -4.93. The topological polar surface area (TPSA) is 200 Å². The Labute approximate surface area is 174 Å². The van der Waals surface area contributed by atoms with Crippen molar-refractivity contribution in [2.24, 2.45) is 0 Å². The standard InChI is InChI=1S/C15H17N3O11P2/c19-11-4-6-17(15(22)18(11)7-9-3-1-2-5-16-9)14-13(21)12(20)10(28-14)8-27-31(25,26)29-30(23)24/h1-6,10,12-14,20-21H,7-8H2,(H-,23,24,25,26)/p+1/t10?,12-,13?,14?/m0/s1. The van der Waals surface area contributed by atoms with E-state index in [9.17, 15) is 33.8 Å². The first-order chi connectivity index (χ1) is 14.6. The van der Waals surface area contributed by atoms with E-state index in [2.05, 4.69) is 13.8 Å². The first kappa shape index (κ1) is 23.5. The molecule has 31 heavy (non-hydrogen) atoms. The van der Waals surface area contributed by atoms with Crippen LogP contribution in [0.4, 0.5) is 0 Å². The van der Waals surface area contributed by atoms with Crippen molar-refractivity contribution < 1.29 is 42.7 Å². The van der Waals surface area contributed by atoms with E-state index in [1.807, 2.05) is 0 Å². The molecule has 3 rings (SSSR count). The average Bonchev–Trinajstić information content (AvgIpc) is 2.98. The number of aliphatic hydroxyl groups excluding tert-OH is 2. The Morgan fingerprint density at radius 3 is 2.61 bits per heavy atom. The van der Waals surface area contributed by atoms with Gasteiger partial charge < -0.3 is 14.9 Å². The molecule has 5 unspecified atom stereocenters. The molecule has 4 N–H and O–H groups in total. The summed E-state index contributed by atoms with van der Waals surface area (Å²) in [6.45, 7) is -0.963. The second kappa shape index (κ2) is 9.57. The molecule has 168 valence electrons. The third kappa shape index (κ3) is 5.57. The van der Waals surface area contributed by atoms with Gasteiger partial charge in [-0.25, -0.2) is 9.36 Å². The zero-order valence-electron chi connectivity index (χ0n) is 15.6. The minimum Gasteiger partial charge on any atom is -0.387 e. The summed E-state index contributed by atoms with van der Waals surface area (Å²) in [4.78, 5) is 46.8. The van der Waals surface area contributed by atoms with E-state index in [-0.39, 0.29) is 6.54 Å². The van der Waals surface area contributed by atoms with E-state index >= 15 is 0 Å². The fourth-order valence-electron chi connectivity index (χ4n) is 2.90. The second-order valence-corrected chi connectivity index (χ2v) is 8.71. The molecule has 14 nitrogen and oxygen atoms in total. The zero-order valence-corrected chi connectivity index (χ0v) is 17.4. The summed E-state index contributed by atoms with van der Waals surface area (Å²) >= 11 is 0. The molecule has 0 spiro atoms. The van der Waals surface area contributed by atoms with E-state index in [0.717, 1.165) is 21.4 Å². The van der Waals surface area contributed by atoms with E-state index < -0.39 is 58.5 Å². The number of nitrogens with zero attached hydrogens (tertiary/aromatic N) is 3. The number of aromatic nitrogens is 3. The quantitative estimate of drug-likeness (QED) is 0.333. The largest absolute Gasteiger partial charge is 0.705 e. The van der Waals surface area contributed by atoms with Gasteiger partial charge in [-0.05, 0) is 16.4 Å². The maximum absolute atomic E-state index is 12.8. The van der Waals surface area contributed by atoms with Crippen LogP contribution in [0, 0.1) is 0 Å². The molecule has 1 fully saturated rings. The molecule has 0 bridgehead atoms. The predicted molar refractivity (Wildman–Crippen MR) is 101 cm³/mol. The Balaban J connectivity index is 1.80.